The van der Waals surface area contributed by atoms with Crippen LogP contribution in [-0.2, 0) is 9.59 Å². The maximum Gasteiger partial charge on any atom is 0.257 e. The van der Waals surface area contributed by atoms with Crippen molar-refractivity contribution >= 4 is 40.7 Å². The van der Waals surface area contributed by atoms with Gasteiger partial charge in [0.25, 0.3) is 5.91 Å². The van der Waals surface area contributed by atoms with Crippen LogP contribution >= 0.6 is 11.6 Å². The van der Waals surface area contributed by atoms with Gasteiger partial charge in [-0.1, -0.05) is 23.7 Å². The Morgan fingerprint density at radius 2 is 1.59 bits per heavy atom. The van der Waals surface area contributed by atoms with E-state index in [1.54, 1.807) is 60.4 Å². The minimum Gasteiger partial charge on any atom is -0.340 e. The van der Waals surface area contributed by atoms with Gasteiger partial charge in [0.15, 0.2) is 0 Å². The Labute approximate surface area is 174 Å². The summed E-state index contributed by atoms with van der Waals surface area (Å²) in [5.41, 5.74) is 1.44. The smallest absolute Gasteiger partial charge is 0.257 e. The minimum atomic E-state index is -0.321. The Kier molecular flexibility index (Phi) is 6.85. The van der Waals surface area contributed by atoms with Crippen molar-refractivity contribution in [2.75, 3.05) is 43.4 Å². The number of para-hydroxylation sites is 1. The van der Waals surface area contributed by atoms with Crippen LogP contribution in [0.15, 0.2) is 48.5 Å². The third kappa shape index (κ3) is 5.79. The molecule has 3 amide bonds. The second-order valence-corrected chi connectivity index (χ2v) is 7.27. The number of piperazine rings is 1. The van der Waals surface area contributed by atoms with E-state index in [2.05, 4.69) is 10.6 Å². The lowest BCUT2D eigenvalue weighted by Gasteiger charge is -2.33. The number of rotatable bonds is 5. The zero-order valence-corrected chi connectivity index (χ0v) is 16.9. The van der Waals surface area contributed by atoms with Gasteiger partial charge in [-0.25, -0.2) is 0 Å². The Morgan fingerprint density at radius 1 is 0.931 bits per heavy atom. The molecule has 1 fully saturated rings. The Balaban J connectivity index is 1.60. The molecule has 2 N–H and O–H groups in total. The zero-order chi connectivity index (χ0) is 20.8. The number of nitrogens with zero attached hydrogens (tertiary/aromatic N) is 2. The average Bonchev–Trinajstić information content (AvgIpc) is 2.70. The van der Waals surface area contributed by atoms with Crippen molar-refractivity contribution in [1.82, 2.24) is 9.80 Å². The summed E-state index contributed by atoms with van der Waals surface area (Å²) in [5.74, 6) is -0.471. The molecule has 0 unspecified atom stereocenters. The summed E-state index contributed by atoms with van der Waals surface area (Å²) in [6.45, 7) is 4.27. The fourth-order valence-electron chi connectivity index (χ4n) is 3.14. The molecule has 0 aliphatic carbocycles. The molecule has 1 aliphatic rings. The molecule has 8 heteroatoms. The molecule has 29 heavy (non-hydrogen) atoms. The number of amides is 3. The van der Waals surface area contributed by atoms with E-state index in [0.29, 0.717) is 48.1 Å². The molecule has 7 nitrogen and oxygen atoms in total. The van der Waals surface area contributed by atoms with Crippen molar-refractivity contribution in [1.29, 1.82) is 0 Å². The molecular formula is C21H23ClN4O3. The Hall–Kier alpha value is -2.90. The molecule has 0 bridgehead atoms. The van der Waals surface area contributed by atoms with Crippen LogP contribution in [0, 0.1) is 0 Å². The largest absolute Gasteiger partial charge is 0.340 e. The molecule has 152 valence electrons. The summed E-state index contributed by atoms with van der Waals surface area (Å²) in [5, 5.41) is 6.21. The molecule has 0 saturated carbocycles. The van der Waals surface area contributed by atoms with Crippen LogP contribution in [-0.4, -0.2) is 60.2 Å². The van der Waals surface area contributed by atoms with Gasteiger partial charge in [0.2, 0.25) is 11.8 Å². The molecule has 0 aromatic heterocycles. The van der Waals surface area contributed by atoms with E-state index in [1.807, 2.05) is 4.90 Å². The molecule has 1 heterocycles. The van der Waals surface area contributed by atoms with Gasteiger partial charge in [0.1, 0.15) is 0 Å². The first-order chi connectivity index (χ1) is 13.9. The van der Waals surface area contributed by atoms with Gasteiger partial charge in [-0.15, -0.1) is 0 Å². The standard InChI is InChI=1S/C21H23ClN4O3/c1-15(27)26-12-10-25(11-13-26)14-20(28)24-19-5-3-2-4-18(19)21(29)23-17-8-6-16(22)7-9-17/h2-9H,10-14H2,1H3,(H,23,29)(H,24,28). The SMILES string of the molecule is CC(=O)N1CCN(CC(=O)Nc2ccccc2C(=O)Nc2ccc(Cl)cc2)CC1. The number of hydrogen-bond donors (Lipinski definition) is 2. The third-order valence-electron chi connectivity index (χ3n) is 4.73. The number of anilines is 2. The predicted molar refractivity (Wildman–Crippen MR) is 113 cm³/mol. The number of hydrogen-bond acceptors (Lipinski definition) is 4. The Bertz CT molecular complexity index is 893. The fourth-order valence-corrected chi connectivity index (χ4v) is 3.26. The molecule has 0 radical (unpaired) electrons. The molecule has 3 rings (SSSR count). The number of carbonyl (C=O) groups is 3. The third-order valence-corrected chi connectivity index (χ3v) is 4.98. The quantitative estimate of drug-likeness (QED) is 0.788. The normalized spacial score (nSPS) is 14.3. The van der Waals surface area contributed by atoms with Crippen LogP contribution in [0.3, 0.4) is 0 Å². The molecule has 2 aromatic carbocycles. The summed E-state index contributed by atoms with van der Waals surface area (Å²) < 4.78 is 0. The average molecular weight is 415 g/mol. The Morgan fingerprint density at radius 3 is 2.24 bits per heavy atom. The monoisotopic (exact) mass is 414 g/mol. The minimum absolute atomic E-state index is 0.0507. The van der Waals surface area contributed by atoms with E-state index in [0.717, 1.165) is 0 Å². The van der Waals surface area contributed by atoms with E-state index >= 15 is 0 Å². The molecule has 1 saturated heterocycles. The van der Waals surface area contributed by atoms with Crippen molar-refractivity contribution in [3.8, 4) is 0 Å². The highest BCUT2D eigenvalue weighted by molar-refractivity contribution is 6.30. The zero-order valence-electron chi connectivity index (χ0n) is 16.2. The van der Waals surface area contributed by atoms with Crippen LogP contribution < -0.4 is 10.6 Å². The van der Waals surface area contributed by atoms with Crippen LogP contribution in [0.1, 0.15) is 17.3 Å². The van der Waals surface area contributed by atoms with Crippen LogP contribution in [0.4, 0.5) is 11.4 Å². The molecule has 2 aromatic rings. The molecule has 1 aliphatic heterocycles. The van der Waals surface area contributed by atoms with Crippen molar-refractivity contribution in [3.05, 3.63) is 59.1 Å². The maximum absolute atomic E-state index is 12.6. The van der Waals surface area contributed by atoms with Crippen molar-refractivity contribution in [2.24, 2.45) is 0 Å². The number of nitrogens with one attached hydrogen (secondary N) is 2. The molecule has 0 atom stereocenters. The van der Waals surface area contributed by atoms with E-state index in [9.17, 15) is 14.4 Å². The first-order valence-corrected chi connectivity index (χ1v) is 9.74. The van der Waals surface area contributed by atoms with E-state index in [-0.39, 0.29) is 24.3 Å². The summed E-state index contributed by atoms with van der Waals surface area (Å²) >= 11 is 5.87. The van der Waals surface area contributed by atoms with Gasteiger partial charge in [-0.2, -0.15) is 0 Å². The van der Waals surface area contributed by atoms with E-state index in [4.69, 9.17) is 11.6 Å². The first-order valence-electron chi connectivity index (χ1n) is 9.36. The van der Waals surface area contributed by atoms with Gasteiger partial charge < -0.3 is 15.5 Å². The number of carbonyl (C=O) groups excluding carboxylic acids is 3. The lowest BCUT2D eigenvalue weighted by atomic mass is 10.1. The summed E-state index contributed by atoms with van der Waals surface area (Å²) in [6.07, 6.45) is 0. The first kappa shape index (κ1) is 20.8. The van der Waals surface area contributed by atoms with Crippen molar-refractivity contribution in [2.45, 2.75) is 6.92 Å². The second-order valence-electron chi connectivity index (χ2n) is 6.84. The molecular weight excluding hydrogens is 392 g/mol. The van der Waals surface area contributed by atoms with E-state index < -0.39 is 0 Å². The highest BCUT2D eigenvalue weighted by atomic mass is 35.5. The van der Waals surface area contributed by atoms with Crippen molar-refractivity contribution in [3.63, 3.8) is 0 Å². The molecule has 0 spiro atoms. The van der Waals surface area contributed by atoms with E-state index in [1.165, 1.54) is 0 Å². The lowest BCUT2D eigenvalue weighted by Crippen LogP contribution is -2.49. The summed E-state index contributed by atoms with van der Waals surface area (Å²) in [7, 11) is 0. The highest BCUT2D eigenvalue weighted by Crippen LogP contribution is 2.19. The van der Waals surface area contributed by atoms with Gasteiger partial charge in [0, 0.05) is 43.8 Å². The lowest BCUT2D eigenvalue weighted by molar-refractivity contribution is -0.130. The second kappa shape index (κ2) is 9.54. The topological polar surface area (TPSA) is 81.8 Å². The van der Waals surface area contributed by atoms with Gasteiger partial charge in [-0.05, 0) is 36.4 Å². The highest BCUT2D eigenvalue weighted by Gasteiger charge is 2.21. The maximum atomic E-state index is 12.6. The van der Waals surface area contributed by atoms with Gasteiger partial charge >= 0.3 is 0 Å². The summed E-state index contributed by atoms with van der Waals surface area (Å²) in [4.78, 5) is 40.3. The van der Waals surface area contributed by atoms with Crippen LogP contribution in [0.5, 0.6) is 0 Å². The van der Waals surface area contributed by atoms with Crippen molar-refractivity contribution < 1.29 is 14.4 Å². The van der Waals surface area contributed by atoms with Crippen LogP contribution in [0.2, 0.25) is 5.02 Å². The fraction of sp³-hybridized carbons (Fsp3) is 0.286. The predicted octanol–water partition coefficient (Wildman–Crippen LogP) is 2.69. The number of benzene rings is 2. The van der Waals surface area contributed by atoms with Gasteiger partial charge in [-0.3, -0.25) is 19.3 Å². The summed E-state index contributed by atoms with van der Waals surface area (Å²) in [6, 6.07) is 13.7. The van der Waals surface area contributed by atoms with Gasteiger partial charge in [0.05, 0.1) is 17.8 Å². The van der Waals surface area contributed by atoms with Crippen LogP contribution in [0.25, 0.3) is 0 Å². The number of halogens is 1.